The van der Waals surface area contributed by atoms with Gasteiger partial charge in [0, 0.05) is 5.41 Å². The van der Waals surface area contributed by atoms with E-state index in [1.165, 1.54) is 0 Å². The smallest absolute Gasteiger partial charge is 0.134 e. The van der Waals surface area contributed by atoms with Gasteiger partial charge in [0.15, 0.2) is 0 Å². The van der Waals surface area contributed by atoms with Crippen molar-refractivity contribution in [3.8, 4) is 0 Å². The number of aliphatic hydroxyl groups is 1. The highest BCUT2D eigenvalue weighted by Crippen LogP contribution is 2.21. The summed E-state index contributed by atoms with van der Waals surface area (Å²) in [6, 6.07) is 0. The first-order chi connectivity index (χ1) is 5.43. The molecule has 12 heavy (non-hydrogen) atoms. The molecule has 0 unspecified atom stereocenters. The van der Waals surface area contributed by atoms with Crippen LogP contribution in [-0.4, -0.2) is 10.8 Å². The third-order valence-electron chi connectivity index (χ3n) is 1.37. The standard InChI is InChI=1S/C8H16N2OS/c1-5-6(11)7(10-12-9)8(2,3)4/h5,11H,9H2,1-4H3/b6-5+,10-7?. The van der Waals surface area contributed by atoms with Crippen molar-refractivity contribution in [3.63, 3.8) is 0 Å². The van der Waals surface area contributed by atoms with Crippen molar-refractivity contribution in [2.75, 3.05) is 0 Å². The van der Waals surface area contributed by atoms with Crippen molar-refractivity contribution in [2.24, 2.45) is 15.0 Å². The molecule has 0 rings (SSSR count). The summed E-state index contributed by atoms with van der Waals surface area (Å²) in [5.41, 5.74) is 0.445. The Bertz CT molecular complexity index is 204. The first kappa shape index (κ1) is 11.5. The van der Waals surface area contributed by atoms with Crippen LogP contribution in [0.5, 0.6) is 0 Å². The van der Waals surface area contributed by atoms with E-state index >= 15 is 0 Å². The van der Waals surface area contributed by atoms with Gasteiger partial charge in [-0.15, -0.1) is 0 Å². The predicted octanol–water partition coefficient (Wildman–Crippen LogP) is 2.46. The van der Waals surface area contributed by atoms with Crippen LogP contribution >= 0.6 is 12.1 Å². The third kappa shape index (κ3) is 3.28. The van der Waals surface area contributed by atoms with Gasteiger partial charge in [0.2, 0.25) is 0 Å². The molecule has 0 saturated carbocycles. The van der Waals surface area contributed by atoms with E-state index in [4.69, 9.17) is 5.14 Å². The first-order valence-electron chi connectivity index (χ1n) is 3.73. The summed E-state index contributed by atoms with van der Waals surface area (Å²) in [4.78, 5) is 0. The zero-order chi connectivity index (χ0) is 9.78. The summed E-state index contributed by atoms with van der Waals surface area (Å²) in [6.07, 6.45) is 1.61. The highest BCUT2D eigenvalue weighted by molar-refractivity contribution is 7.95. The molecule has 0 aliphatic rings. The summed E-state index contributed by atoms with van der Waals surface area (Å²) < 4.78 is 3.96. The molecule has 0 aliphatic heterocycles. The number of nitrogens with two attached hydrogens (primary N) is 1. The van der Waals surface area contributed by atoms with Crippen LogP contribution in [0.3, 0.4) is 0 Å². The van der Waals surface area contributed by atoms with Crippen LogP contribution < -0.4 is 5.14 Å². The van der Waals surface area contributed by atoms with Gasteiger partial charge in [-0.25, -0.2) is 4.40 Å². The van der Waals surface area contributed by atoms with Gasteiger partial charge in [-0.1, -0.05) is 20.8 Å². The number of aliphatic hydroxyl groups excluding tert-OH is 1. The third-order valence-corrected chi connectivity index (χ3v) is 1.66. The first-order valence-corrected chi connectivity index (χ1v) is 4.57. The van der Waals surface area contributed by atoms with Gasteiger partial charge in [0.1, 0.15) is 5.76 Å². The molecule has 0 saturated heterocycles. The Hall–Kier alpha value is -0.480. The summed E-state index contributed by atoms with van der Waals surface area (Å²) in [5, 5.41) is 14.7. The molecule has 0 amide bonds. The molecule has 0 aromatic heterocycles. The van der Waals surface area contributed by atoms with E-state index in [0.717, 1.165) is 12.1 Å². The molecule has 0 atom stereocenters. The van der Waals surface area contributed by atoms with E-state index in [9.17, 15) is 5.11 Å². The van der Waals surface area contributed by atoms with Crippen molar-refractivity contribution in [1.29, 1.82) is 0 Å². The zero-order valence-electron chi connectivity index (χ0n) is 7.96. The van der Waals surface area contributed by atoms with Crippen molar-refractivity contribution in [1.82, 2.24) is 0 Å². The maximum absolute atomic E-state index is 9.45. The van der Waals surface area contributed by atoms with Crippen molar-refractivity contribution >= 4 is 17.8 Å². The van der Waals surface area contributed by atoms with Gasteiger partial charge >= 0.3 is 0 Å². The van der Waals surface area contributed by atoms with E-state index in [2.05, 4.69) is 4.40 Å². The van der Waals surface area contributed by atoms with Crippen LogP contribution in [0, 0.1) is 5.41 Å². The molecule has 3 nitrogen and oxygen atoms in total. The number of rotatable bonds is 2. The number of hydrogen-bond acceptors (Lipinski definition) is 4. The highest BCUT2D eigenvalue weighted by atomic mass is 32.2. The second-order valence-corrected chi connectivity index (χ2v) is 3.86. The van der Waals surface area contributed by atoms with E-state index in [-0.39, 0.29) is 11.2 Å². The van der Waals surface area contributed by atoms with Gasteiger partial charge < -0.3 is 5.11 Å². The largest absolute Gasteiger partial charge is 0.506 e. The topological polar surface area (TPSA) is 58.6 Å². The molecule has 0 spiro atoms. The quantitative estimate of drug-likeness (QED) is 0.397. The molecule has 0 radical (unpaired) electrons. The lowest BCUT2D eigenvalue weighted by atomic mass is 9.89. The van der Waals surface area contributed by atoms with E-state index in [0.29, 0.717) is 5.71 Å². The second kappa shape index (κ2) is 4.52. The van der Waals surface area contributed by atoms with E-state index < -0.39 is 0 Å². The average Bonchev–Trinajstić information content (AvgIpc) is 1.96. The molecule has 70 valence electrons. The second-order valence-electron chi connectivity index (χ2n) is 3.47. The zero-order valence-corrected chi connectivity index (χ0v) is 8.77. The Labute approximate surface area is 78.0 Å². The Morgan fingerprint density at radius 1 is 1.50 bits per heavy atom. The van der Waals surface area contributed by atoms with E-state index in [1.54, 1.807) is 13.0 Å². The van der Waals surface area contributed by atoms with Gasteiger partial charge in [-0.3, -0.25) is 5.14 Å². The van der Waals surface area contributed by atoms with Crippen LogP contribution in [-0.2, 0) is 0 Å². The molecule has 0 heterocycles. The fraction of sp³-hybridized carbons (Fsp3) is 0.625. The van der Waals surface area contributed by atoms with Crippen molar-refractivity contribution in [3.05, 3.63) is 11.8 Å². The Morgan fingerprint density at radius 2 is 2.00 bits per heavy atom. The SMILES string of the molecule is C/C=C(/O)C(=NSN)C(C)(C)C. The lowest BCUT2D eigenvalue weighted by Crippen LogP contribution is -2.22. The van der Waals surface area contributed by atoms with Gasteiger partial charge in [0.25, 0.3) is 0 Å². The number of allylic oxidation sites excluding steroid dienone is 2. The van der Waals surface area contributed by atoms with Crippen molar-refractivity contribution < 1.29 is 5.11 Å². The van der Waals surface area contributed by atoms with Crippen LogP contribution in [0.25, 0.3) is 0 Å². The summed E-state index contributed by atoms with van der Waals surface area (Å²) in [5.74, 6) is 0.195. The van der Waals surface area contributed by atoms with Crippen LogP contribution in [0.1, 0.15) is 27.7 Å². The molecule has 0 aliphatic carbocycles. The maximum atomic E-state index is 9.45. The predicted molar refractivity (Wildman–Crippen MR) is 55.1 cm³/mol. The van der Waals surface area contributed by atoms with Crippen LogP contribution in [0.2, 0.25) is 0 Å². The summed E-state index contributed by atoms with van der Waals surface area (Å²) in [6.45, 7) is 7.68. The number of nitrogens with zero attached hydrogens (tertiary/aromatic N) is 1. The molecule has 4 heteroatoms. The minimum Gasteiger partial charge on any atom is -0.506 e. The maximum Gasteiger partial charge on any atom is 0.134 e. The van der Waals surface area contributed by atoms with Crippen LogP contribution in [0.15, 0.2) is 16.2 Å². The molecule has 0 aromatic carbocycles. The molecule has 0 fully saturated rings. The molecular formula is C8H16N2OS. The molecule has 0 bridgehead atoms. The van der Waals surface area contributed by atoms with E-state index in [1.807, 2.05) is 20.8 Å². The average molecular weight is 188 g/mol. The fourth-order valence-electron chi connectivity index (χ4n) is 0.757. The normalized spacial score (nSPS) is 15.1. The van der Waals surface area contributed by atoms with Crippen molar-refractivity contribution in [2.45, 2.75) is 27.7 Å². The minimum atomic E-state index is -0.178. The van der Waals surface area contributed by atoms with Gasteiger partial charge in [0.05, 0.1) is 17.8 Å². The highest BCUT2D eigenvalue weighted by Gasteiger charge is 2.21. The Morgan fingerprint density at radius 3 is 2.25 bits per heavy atom. The summed E-state index contributed by atoms with van der Waals surface area (Å²) >= 11 is 0.867. The monoisotopic (exact) mass is 188 g/mol. The minimum absolute atomic E-state index is 0.178. The molecular weight excluding hydrogens is 172 g/mol. The number of hydrogen-bond donors (Lipinski definition) is 2. The van der Waals surface area contributed by atoms with Gasteiger partial charge in [-0.05, 0) is 13.0 Å². The lowest BCUT2D eigenvalue weighted by molar-refractivity contribution is 0.425. The van der Waals surface area contributed by atoms with Gasteiger partial charge in [-0.2, -0.15) is 0 Å². The molecule has 3 N–H and O–H groups in total. The lowest BCUT2D eigenvalue weighted by Gasteiger charge is -2.19. The molecule has 0 aromatic rings. The Kier molecular flexibility index (Phi) is 4.34. The van der Waals surface area contributed by atoms with Crippen LogP contribution in [0.4, 0.5) is 0 Å². The Balaban J connectivity index is 4.82. The summed E-state index contributed by atoms with van der Waals surface area (Å²) in [7, 11) is 0. The fourth-order valence-corrected chi connectivity index (χ4v) is 1.23.